The Morgan fingerprint density at radius 1 is 1.25 bits per heavy atom. The van der Waals surface area contributed by atoms with Gasteiger partial charge in [0, 0.05) is 18.4 Å². The summed E-state index contributed by atoms with van der Waals surface area (Å²) in [6.07, 6.45) is 5.42. The van der Waals surface area contributed by atoms with Gasteiger partial charge in [0.25, 0.3) is 0 Å². The molecule has 0 aliphatic heterocycles. The summed E-state index contributed by atoms with van der Waals surface area (Å²) in [4.78, 5) is 20.9. The summed E-state index contributed by atoms with van der Waals surface area (Å²) in [5, 5.41) is 2.88. The minimum Gasteiger partial charge on any atom is -0.492 e. The summed E-state index contributed by atoms with van der Waals surface area (Å²) in [5.41, 5.74) is 8.69. The smallest absolute Gasteiger partial charge is 0.224 e. The van der Waals surface area contributed by atoms with Crippen molar-refractivity contribution in [2.45, 2.75) is 32.2 Å². The summed E-state index contributed by atoms with van der Waals surface area (Å²) in [5.74, 6) is 1.39. The lowest BCUT2D eigenvalue weighted by Gasteiger charge is -2.07. The van der Waals surface area contributed by atoms with Crippen LogP contribution in [0.4, 0.5) is 0 Å². The van der Waals surface area contributed by atoms with E-state index in [1.807, 2.05) is 30.5 Å². The van der Waals surface area contributed by atoms with Crippen molar-refractivity contribution in [3.05, 3.63) is 53.1 Å². The maximum atomic E-state index is 12.1. The molecule has 6 heteroatoms. The number of nitrogens with zero attached hydrogens (tertiary/aromatic N) is 2. The summed E-state index contributed by atoms with van der Waals surface area (Å²) in [7, 11) is 0. The van der Waals surface area contributed by atoms with Gasteiger partial charge in [-0.3, -0.25) is 4.79 Å². The van der Waals surface area contributed by atoms with Crippen molar-refractivity contribution in [3.8, 4) is 5.75 Å². The fraction of sp³-hybridized carbons (Fsp3) is 0.389. The second-order valence-electron chi connectivity index (χ2n) is 5.85. The van der Waals surface area contributed by atoms with Gasteiger partial charge in [0.15, 0.2) is 0 Å². The van der Waals surface area contributed by atoms with Gasteiger partial charge >= 0.3 is 0 Å². The maximum absolute atomic E-state index is 12.1. The van der Waals surface area contributed by atoms with Gasteiger partial charge in [-0.25, -0.2) is 9.97 Å². The minimum absolute atomic E-state index is 0.0466. The number of benzene rings is 1. The SMILES string of the molecule is NCCOc1ccc(CC(=O)NCc2ncc3c(n2)CCC3)cc1. The second kappa shape index (κ2) is 7.88. The lowest BCUT2D eigenvalue weighted by molar-refractivity contribution is -0.120. The number of nitrogens with one attached hydrogen (secondary N) is 1. The van der Waals surface area contributed by atoms with Crippen molar-refractivity contribution in [3.63, 3.8) is 0 Å². The van der Waals surface area contributed by atoms with Gasteiger partial charge in [0.05, 0.1) is 13.0 Å². The molecule has 1 aliphatic carbocycles. The van der Waals surface area contributed by atoms with E-state index in [1.54, 1.807) is 0 Å². The molecule has 0 unspecified atom stereocenters. The maximum Gasteiger partial charge on any atom is 0.224 e. The van der Waals surface area contributed by atoms with E-state index in [4.69, 9.17) is 10.5 Å². The molecule has 1 aromatic heterocycles. The predicted octanol–water partition coefficient (Wildman–Crippen LogP) is 1.16. The highest BCUT2D eigenvalue weighted by molar-refractivity contribution is 5.78. The first-order valence-electron chi connectivity index (χ1n) is 8.27. The van der Waals surface area contributed by atoms with Crippen molar-refractivity contribution in [2.24, 2.45) is 5.73 Å². The van der Waals surface area contributed by atoms with Crippen LogP contribution in [0.2, 0.25) is 0 Å². The third-order valence-electron chi connectivity index (χ3n) is 3.98. The van der Waals surface area contributed by atoms with Crippen molar-refractivity contribution >= 4 is 5.91 Å². The molecule has 1 heterocycles. The number of fused-ring (bicyclic) bond motifs is 1. The number of aryl methyl sites for hydroxylation is 2. The molecule has 6 nitrogen and oxygen atoms in total. The molecule has 2 aromatic rings. The van der Waals surface area contributed by atoms with Crippen LogP contribution in [0.3, 0.4) is 0 Å². The Morgan fingerprint density at radius 3 is 2.88 bits per heavy atom. The highest BCUT2D eigenvalue weighted by Gasteiger charge is 2.13. The molecule has 0 saturated carbocycles. The van der Waals surface area contributed by atoms with Crippen molar-refractivity contribution < 1.29 is 9.53 Å². The molecule has 3 rings (SSSR count). The van der Waals surface area contributed by atoms with E-state index >= 15 is 0 Å². The summed E-state index contributed by atoms with van der Waals surface area (Å²) in [6.45, 7) is 1.33. The minimum atomic E-state index is -0.0466. The predicted molar refractivity (Wildman–Crippen MR) is 90.6 cm³/mol. The molecule has 0 radical (unpaired) electrons. The number of aromatic nitrogens is 2. The highest BCUT2D eigenvalue weighted by Crippen LogP contribution is 2.18. The number of carbonyl (C=O) groups excluding carboxylic acids is 1. The fourth-order valence-corrected chi connectivity index (χ4v) is 2.75. The first-order chi connectivity index (χ1) is 11.7. The number of amides is 1. The zero-order valence-corrected chi connectivity index (χ0v) is 13.6. The Bertz CT molecular complexity index is 701. The van der Waals surface area contributed by atoms with Crippen LogP contribution in [-0.4, -0.2) is 29.0 Å². The molecule has 3 N–H and O–H groups in total. The number of ether oxygens (including phenoxy) is 1. The number of hydrogen-bond donors (Lipinski definition) is 2. The number of rotatable bonds is 7. The van der Waals surface area contributed by atoms with Crippen LogP contribution in [0.1, 0.15) is 29.1 Å². The Labute approximate surface area is 141 Å². The van der Waals surface area contributed by atoms with E-state index in [-0.39, 0.29) is 5.91 Å². The lowest BCUT2D eigenvalue weighted by atomic mass is 10.1. The molecular weight excluding hydrogens is 304 g/mol. The van der Waals surface area contributed by atoms with Gasteiger partial charge < -0.3 is 15.8 Å². The lowest BCUT2D eigenvalue weighted by Crippen LogP contribution is -2.25. The van der Waals surface area contributed by atoms with Gasteiger partial charge in [0.1, 0.15) is 18.2 Å². The van der Waals surface area contributed by atoms with E-state index in [0.717, 1.165) is 36.3 Å². The van der Waals surface area contributed by atoms with E-state index in [2.05, 4.69) is 15.3 Å². The molecule has 24 heavy (non-hydrogen) atoms. The molecule has 0 bridgehead atoms. The molecule has 0 fully saturated rings. The Morgan fingerprint density at radius 2 is 2.08 bits per heavy atom. The summed E-state index contributed by atoms with van der Waals surface area (Å²) in [6, 6.07) is 7.47. The van der Waals surface area contributed by atoms with E-state index < -0.39 is 0 Å². The molecule has 0 saturated heterocycles. The molecule has 126 valence electrons. The Hall–Kier alpha value is -2.47. The Kier molecular flexibility index (Phi) is 5.38. The monoisotopic (exact) mass is 326 g/mol. The van der Waals surface area contributed by atoms with Gasteiger partial charge in [0.2, 0.25) is 5.91 Å². The van der Waals surface area contributed by atoms with Crippen LogP contribution in [0.25, 0.3) is 0 Å². The second-order valence-corrected chi connectivity index (χ2v) is 5.85. The third-order valence-corrected chi connectivity index (χ3v) is 3.98. The topological polar surface area (TPSA) is 90.1 Å². The van der Waals surface area contributed by atoms with Crippen LogP contribution in [0, 0.1) is 0 Å². The quantitative estimate of drug-likeness (QED) is 0.797. The van der Waals surface area contributed by atoms with Crippen LogP contribution in [0.15, 0.2) is 30.5 Å². The summed E-state index contributed by atoms with van der Waals surface area (Å²) >= 11 is 0. The van der Waals surface area contributed by atoms with Crippen molar-refractivity contribution in [1.29, 1.82) is 0 Å². The van der Waals surface area contributed by atoms with Crippen molar-refractivity contribution in [1.82, 2.24) is 15.3 Å². The van der Waals surface area contributed by atoms with Gasteiger partial charge in [-0.15, -0.1) is 0 Å². The average Bonchev–Trinajstić information content (AvgIpc) is 3.07. The van der Waals surface area contributed by atoms with Crippen molar-refractivity contribution in [2.75, 3.05) is 13.2 Å². The van der Waals surface area contributed by atoms with Crippen LogP contribution >= 0.6 is 0 Å². The van der Waals surface area contributed by atoms with E-state index in [0.29, 0.717) is 31.9 Å². The molecule has 0 atom stereocenters. The molecule has 1 amide bonds. The first kappa shape index (κ1) is 16.4. The number of hydrogen-bond acceptors (Lipinski definition) is 5. The van der Waals surface area contributed by atoms with Gasteiger partial charge in [-0.2, -0.15) is 0 Å². The van der Waals surface area contributed by atoms with E-state index in [1.165, 1.54) is 5.56 Å². The molecular formula is C18H22N4O2. The van der Waals surface area contributed by atoms with Crippen LogP contribution < -0.4 is 15.8 Å². The average molecular weight is 326 g/mol. The number of carbonyl (C=O) groups is 1. The molecule has 1 aliphatic rings. The van der Waals surface area contributed by atoms with E-state index in [9.17, 15) is 4.79 Å². The summed E-state index contributed by atoms with van der Waals surface area (Å²) < 4.78 is 5.41. The molecule has 0 spiro atoms. The van der Waals surface area contributed by atoms with Crippen LogP contribution in [0.5, 0.6) is 5.75 Å². The Balaban J connectivity index is 1.48. The zero-order valence-electron chi connectivity index (χ0n) is 13.6. The van der Waals surface area contributed by atoms with Gasteiger partial charge in [-0.1, -0.05) is 12.1 Å². The largest absolute Gasteiger partial charge is 0.492 e. The fourth-order valence-electron chi connectivity index (χ4n) is 2.75. The standard InChI is InChI=1S/C18H22N4O2/c19-8-9-24-15-6-4-13(5-7-15)10-18(23)21-12-17-20-11-14-2-1-3-16(14)22-17/h4-7,11H,1-3,8-10,12,19H2,(H,21,23). The zero-order chi connectivity index (χ0) is 16.8. The highest BCUT2D eigenvalue weighted by atomic mass is 16.5. The number of nitrogens with two attached hydrogens (primary N) is 1. The van der Waals surface area contributed by atoms with Crippen LogP contribution in [-0.2, 0) is 30.6 Å². The van der Waals surface area contributed by atoms with Gasteiger partial charge in [-0.05, 0) is 42.5 Å². The molecule has 1 aromatic carbocycles. The third kappa shape index (κ3) is 4.29. The normalized spacial score (nSPS) is 12.7. The first-order valence-corrected chi connectivity index (χ1v) is 8.27.